The van der Waals surface area contributed by atoms with Gasteiger partial charge in [-0.3, -0.25) is 0 Å². The number of nitriles is 1. The zero-order chi connectivity index (χ0) is 26.7. The first-order chi connectivity index (χ1) is 17.5. The summed E-state index contributed by atoms with van der Waals surface area (Å²) in [5.74, 6) is 1.89. The van der Waals surface area contributed by atoms with Crippen LogP contribution in [-0.2, 0) is 4.74 Å². The van der Waals surface area contributed by atoms with Crippen LogP contribution in [0.4, 0.5) is 11.4 Å². The molecule has 0 spiro atoms. The summed E-state index contributed by atoms with van der Waals surface area (Å²) in [6.07, 6.45) is 3.48. The summed E-state index contributed by atoms with van der Waals surface area (Å²) in [5.41, 5.74) is 4.91. The first-order valence-corrected chi connectivity index (χ1v) is 11.6. The van der Waals surface area contributed by atoms with Gasteiger partial charge in [-0.25, -0.2) is 14.6 Å². The van der Waals surface area contributed by atoms with Crippen molar-refractivity contribution in [1.82, 2.24) is 9.61 Å². The number of fused-ring (bicyclic) bond motifs is 1. The SMILES string of the molecule is C#N.CC.CCOC(=O)c1cn2ncc(C)c(Nc3ccc(Oc4ccc(OC)cc4)cc3)c2c1C. The number of carbonyl (C=O) groups is 1. The largest absolute Gasteiger partial charge is 0.497 e. The van der Waals surface area contributed by atoms with Gasteiger partial charge in [0.2, 0.25) is 0 Å². The standard InChI is InChI=1S/C25H25N3O4.C2H6.CHN/c1-5-31-25(29)22-15-28-24(17(22)3)23(16(2)14-26-28)27-18-6-8-20(9-7-18)32-21-12-10-19(30-4)11-13-21;2*1-2/h6-15,27H,5H2,1-4H3;1-2H3;1H. The Kier molecular flexibility index (Phi) is 10.3. The molecular weight excluding hydrogens is 456 g/mol. The van der Waals surface area contributed by atoms with Crippen molar-refractivity contribution < 1.29 is 19.0 Å². The molecule has 0 fully saturated rings. The fourth-order valence-electron chi connectivity index (χ4n) is 3.48. The third-order valence-corrected chi connectivity index (χ3v) is 5.16. The molecule has 4 aromatic rings. The van der Waals surface area contributed by atoms with Crippen LogP contribution in [0.3, 0.4) is 0 Å². The van der Waals surface area contributed by atoms with Gasteiger partial charge in [0.25, 0.3) is 0 Å². The third-order valence-electron chi connectivity index (χ3n) is 5.16. The number of rotatable bonds is 7. The van der Waals surface area contributed by atoms with Gasteiger partial charge in [0.1, 0.15) is 17.2 Å². The summed E-state index contributed by atoms with van der Waals surface area (Å²) in [7, 11) is 1.63. The van der Waals surface area contributed by atoms with Crippen LogP contribution in [0.15, 0.2) is 60.9 Å². The van der Waals surface area contributed by atoms with Crippen LogP contribution >= 0.6 is 0 Å². The van der Waals surface area contributed by atoms with E-state index >= 15 is 0 Å². The quantitative estimate of drug-likeness (QED) is 0.284. The number of carbonyl (C=O) groups excluding carboxylic acids is 1. The maximum Gasteiger partial charge on any atom is 0.340 e. The Morgan fingerprint density at radius 3 is 2.11 bits per heavy atom. The van der Waals surface area contributed by atoms with Gasteiger partial charge < -0.3 is 19.5 Å². The highest BCUT2D eigenvalue weighted by atomic mass is 16.5. The van der Waals surface area contributed by atoms with Crippen LogP contribution in [0.5, 0.6) is 17.2 Å². The predicted octanol–water partition coefficient (Wildman–Crippen LogP) is 6.84. The van der Waals surface area contributed by atoms with Gasteiger partial charge in [-0.2, -0.15) is 5.10 Å². The molecule has 8 heteroatoms. The molecular formula is C28H32N4O4. The highest BCUT2D eigenvalue weighted by molar-refractivity contribution is 5.96. The van der Waals surface area contributed by atoms with E-state index < -0.39 is 0 Å². The monoisotopic (exact) mass is 488 g/mol. The zero-order valence-electron chi connectivity index (χ0n) is 21.5. The summed E-state index contributed by atoms with van der Waals surface area (Å²) in [4.78, 5) is 12.3. The van der Waals surface area contributed by atoms with Crippen molar-refractivity contribution in [3.63, 3.8) is 0 Å². The molecule has 0 unspecified atom stereocenters. The molecule has 36 heavy (non-hydrogen) atoms. The average molecular weight is 489 g/mol. The molecule has 2 aromatic carbocycles. The highest BCUT2D eigenvalue weighted by Gasteiger charge is 2.19. The normalized spacial score (nSPS) is 9.78. The maximum atomic E-state index is 12.3. The average Bonchev–Trinajstić information content (AvgIpc) is 3.26. The minimum atomic E-state index is -0.348. The molecule has 2 heterocycles. The van der Waals surface area contributed by atoms with Gasteiger partial charge in [-0.05, 0) is 80.4 Å². The van der Waals surface area contributed by atoms with Crippen LogP contribution in [0.1, 0.15) is 42.3 Å². The number of nitrogens with zero attached hydrogens (tertiary/aromatic N) is 3. The van der Waals surface area contributed by atoms with E-state index in [4.69, 9.17) is 19.5 Å². The molecule has 8 nitrogen and oxygen atoms in total. The fourth-order valence-corrected chi connectivity index (χ4v) is 3.48. The van der Waals surface area contributed by atoms with Crippen molar-refractivity contribution in [2.24, 2.45) is 0 Å². The fraction of sp³-hybridized carbons (Fsp3) is 0.250. The number of aryl methyl sites for hydroxylation is 2. The molecule has 188 valence electrons. The van der Waals surface area contributed by atoms with E-state index in [2.05, 4.69) is 17.0 Å². The van der Waals surface area contributed by atoms with Crippen LogP contribution in [-0.4, -0.2) is 29.3 Å². The lowest BCUT2D eigenvalue weighted by Crippen LogP contribution is -2.04. The van der Waals surface area contributed by atoms with E-state index in [1.54, 1.807) is 30.9 Å². The molecule has 0 saturated carbocycles. The predicted molar refractivity (Wildman–Crippen MR) is 141 cm³/mol. The number of nitrogens with one attached hydrogen (secondary N) is 1. The molecule has 1 N–H and O–H groups in total. The topological polar surface area (TPSA) is 97.9 Å². The Morgan fingerprint density at radius 1 is 1.00 bits per heavy atom. The molecule has 0 bridgehead atoms. The highest BCUT2D eigenvalue weighted by Crippen LogP contribution is 2.31. The van der Waals surface area contributed by atoms with E-state index in [0.717, 1.165) is 45.3 Å². The van der Waals surface area contributed by atoms with Crippen LogP contribution < -0.4 is 14.8 Å². The molecule has 0 saturated heterocycles. The molecule has 0 atom stereocenters. The Morgan fingerprint density at radius 2 is 1.56 bits per heavy atom. The number of anilines is 2. The molecule has 0 radical (unpaired) electrons. The Bertz CT molecular complexity index is 1290. The zero-order valence-corrected chi connectivity index (χ0v) is 21.5. The lowest BCUT2D eigenvalue weighted by molar-refractivity contribution is 0.0525. The summed E-state index contributed by atoms with van der Waals surface area (Å²) in [6.45, 7) is 13.5. The summed E-state index contributed by atoms with van der Waals surface area (Å²) >= 11 is 0. The second-order valence-corrected chi connectivity index (χ2v) is 7.31. The van der Waals surface area contributed by atoms with Crippen molar-refractivity contribution in [3.05, 3.63) is 77.6 Å². The minimum absolute atomic E-state index is 0.326. The Hall–Kier alpha value is -4.51. The van der Waals surface area contributed by atoms with E-state index in [-0.39, 0.29) is 5.97 Å². The van der Waals surface area contributed by atoms with Crippen molar-refractivity contribution in [3.8, 4) is 23.8 Å². The van der Waals surface area contributed by atoms with Crippen molar-refractivity contribution in [2.75, 3.05) is 19.0 Å². The number of benzene rings is 2. The van der Waals surface area contributed by atoms with Crippen LogP contribution in [0.25, 0.3) is 5.52 Å². The number of hydrogen-bond donors (Lipinski definition) is 1. The first-order valence-electron chi connectivity index (χ1n) is 11.6. The third kappa shape index (κ3) is 6.33. The number of esters is 1. The Labute approximate surface area is 212 Å². The molecule has 0 aliphatic carbocycles. The van der Waals surface area contributed by atoms with E-state index in [1.807, 2.05) is 76.2 Å². The molecule has 2 aromatic heterocycles. The molecule has 0 amide bonds. The molecule has 0 aliphatic heterocycles. The van der Waals surface area contributed by atoms with Crippen molar-refractivity contribution in [1.29, 1.82) is 5.26 Å². The van der Waals surface area contributed by atoms with E-state index in [9.17, 15) is 4.79 Å². The summed E-state index contributed by atoms with van der Waals surface area (Å²) < 4.78 is 18.0. The number of ether oxygens (including phenoxy) is 3. The van der Waals surface area contributed by atoms with E-state index in [1.165, 1.54) is 0 Å². The second kappa shape index (κ2) is 13.4. The lowest BCUT2D eigenvalue weighted by Gasteiger charge is -2.13. The van der Waals surface area contributed by atoms with Crippen molar-refractivity contribution in [2.45, 2.75) is 34.6 Å². The van der Waals surface area contributed by atoms with Gasteiger partial charge in [-0.15, -0.1) is 0 Å². The smallest absolute Gasteiger partial charge is 0.340 e. The second-order valence-electron chi connectivity index (χ2n) is 7.31. The Balaban J connectivity index is 0.00000109. The van der Waals surface area contributed by atoms with E-state index in [0.29, 0.717) is 12.2 Å². The number of methoxy groups -OCH3 is 1. The maximum absolute atomic E-state index is 12.3. The van der Waals surface area contributed by atoms with Crippen LogP contribution in [0.2, 0.25) is 0 Å². The summed E-state index contributed by atoms with van der Waals surface area (Å²) in [6, 6.07) is 15.1. The van der Waals surface area contributed by atoms with Gasteiger partial charge in [0.05, 0.1) is 36.7 Å². The molecule has 4 rings (SSSR count). The van der Waals surface area contributed by atoms with Gasteiger partial charge in [0, 0.05) is 18.5 Å². The lowest BCUT2D eigenvalue weighted by atomic mass is 10.1. The van der Waals surface area contributed by atoms with Gasteiger partial charge in [0.15, 0.2) is 0 Å². The first kappa shape index (κ1) is 27.7. The summed E-state index contributed by atoms with van der Waals surface area (Å²) in [5, 5.41) is 14.4. The van der Waals surface area contributed by atoms with Gasteiger partial charge >= 0.3 is 5.97 Å². The minimum Gasteiger partial charge on any atom is -0.497 e. The number of aromatic nitrogens is 2. The van der Waals surface area contributed by atoms with Gasteiger partial charge in [-0.1, -0.05) is 13.8 Å². The number of hydrogen-bond acceptors (Lipinski definition) is 7. The molecule has 0 aliphatic rings. The van der Waals surface area contributed by atoms with Crippen molar-refractivity contribution >= 4 is 22.9 Å². The van der Waals surface area contributed by atoms with Crippen LogP contribution in [0, 0.1) is 25.7 Å².